The van der Waals surface area contributed by atoms with Gasteiger partial charge in [-0.1, -0.05) is 35.9 Å². The Morgan fingerprint density at radius 3 is 2.71 bits per heavy atom. The summed E-state index contributed by atoms with van der Waals surface area (Å²) in [6, 6.07) is 12.1. The summed E-state index contributed by atoms with van der Waals surface area (Å²) in [7, 11) is 0. The van der Waals surface area contributed by atoms with Crippen LogP contribution in [0.3, 0.4) is 0 Å². The molecule has 14 heavy (non-hydrogen) atoms. The number of rotatable bonds is 1. The largest absolute Gasteiger partial charge is 0.324 e. The number of hydrogen-bond acceptors (Lipinski definition) is 1. The molecule has 1 unspecified atom stereocenters. The molecular weight excluding hydrogens is 194 g/mol. The molecular formula is C12H12ClN. The highest BCUT2D eigenvalue weighted by Crippen LogP contribution is 2.25. The summed E-state index contributed by atoms with van der Waals surface area (Å²) in [6.07, 6.45) is 0. The summed E-state index contributed by atoms with van der Waals surface area (Å²) in [4.78, 5) is 0. The minimum Gasteiger partial charge on any atom is -0.324 e. The molecule has 0 aromatic heterocycles. The minimum atomic E-state index is 0.0679. The standard InChI is InChI=1S/C12H12ClN/c1-8(14)9-5-6-11-10(7-9)3-2-4-12(11)13/h2-8H,14H2,1H3. The van der Waals surface area contributed by atoms with Crippen molar-refractivity contribution in [2.75, 3.05) is 0 Å². The van der Waals surface area contributed by atoms with Gasteiger partial charge in [0, 0.05) is 16.5 Å². The molecule has 72 valence electrons. The van der Waals surface area contributed by atoms with E-state index < -0.39 is 0 Å². The molecule has 0 aliphatic rings. The Kier molecular flexibility index (Phi) is 2.44. The van der Waals surface area contributed by atoms with Crippen molar-refractivity contribution in [1.82, 2.24) is 0 Å². The molecule has 0 saturated heterocycles. The van der Waals surface area contributed by atoms with Crippen molar-refractivity contribution < 1.29 is 0 Å². The Balaban J connectivity index is 2.67. The first-order chi connectivity index (χ1) is 6.68. The van der Waals surface area contributed by atoms with Gasteiger partial charge in [0.1, 0.15) is 0 Å². The first kappa shape index (κ1) is 9.50. The minimum absolute atomic E-state index is 0.0679. The monoisotopic (exact) mass is 205 g/mol. The van der Waals surface area contributed by atoms with Gasteiger partial charge in [0.15, 0.2) is 0 Å². The zero-order valence-electron chi connectivity index (χ0n) is 8.00. The van der Waals surface area contributed by atoms with Crippen LogP contribution in [0.1, 0.15) is 18.5 Å². The smallest absolute Gasteiger partial charge is 0.0484 e. The molecule has 0 fully saturated rings. The Labute approximate surface area is 88.5 Å². The summed E-state index contributed by atoms with van der Waals surface area (Å²) in [5, 5.41) is 3.02. The second-order valence-electron chi connectivity index (χ2n) is 3.51. The summed E-state index contributed by atoms with van der Waals surface area (Å²) >= 11 is 6.06. The van der Waals surface area contributed by atoms with Crippen molar-refractivity contribution in [3.05, 3.63) is 47.0 Å². The molecule has 2 N–H and O–H groups in total. The van der Waals surface area contributed by atoms with Crippen LogP contribution in [-0.2, 0) is 0 Å². The summed E-state index contributed by atoms with van der Waals surface area (Å²) in [6.45, 7) is 1.98. The normalized spacial score (nSPS) is 13.1. The van der Waals surface area contributed by atoms with Crippen molar-refractivity contribution in [2.24, 2.45) is 5.73 Å². The molecule has 1 nitrogen and oxygen atoms in total. The van der Waals surface area contributed by atoms with E-state index in [4.69, 9.17) is 17.3 Å². The van der Waals surface area contributed by atoms with Crippen LogP contribution in [0, 0.1) is 0 Å². The second kappa shape index (κ2) is 3.60. The highest BCUT2D eigenvalue weighted by atomic mass is 35.5. The van der Waals surface area contributed by atoms with Gasteiger partial charge in [-0.05, 0) is 30.0 Å². The van der Waals surface area contributed by atoms with Crippen molar-refractivity contribution in [3.8, 4) is 0 Å². The van der Waals surface area contributed by atoms with E-state index >= 15 is 0 Å². The Morgan fingerprint density at radius 1 is 1.21 bits per heavy atom. The maximum atomic E-state index is 6.06. The van der Waals surface area contributed by atoms with Crippen molar-refractivity contribution >= 4 is 22.4 Å². The van der Waals surface area contributed by atoms with Crippen LogP contribution in [0.4, 0.5) is 0 Å². The van der Waals surface area contributed by atoms with Crippen molar-refractivity contribution in [1.29, 1.82) is 0 Å². The third-order valence-electron chi connectivity index (χ3n) is 2.38. The third kappa shape index (κ3) is 1.61. The first-order valence-corrected chi connectivity index (χ1v) is 5.00. The molecule has 0 heterocycles. The van der Waals surface area contributed by atoms with Gasteiger partial charge in [0.25, 0.3) is 0 Å². The molecule has 0 spiro atoms. The third-order valence-corrected chi connectivity index (χ3v) is 2.71. The summed E-state index contributed by atoms with van der Waals surface area (Å²) < 4.78 is 0. The van der Waals surface area contributed by atoms with Crippen LogP contribution in [0.2, 0.25) is 5.02 Å². The molecule has 0 radical (unpaired) electrons. The summed E-state index contributed by atoms with van der Waals surface area (Å²) in [5.74, 6) is 0. The predicted molar refractivity (Wildman–Crippen MR) is 61.6 cm³/mol. The van der Waals surface area contributed by atoms with Crippen LogP contribution in [0.15, 0.2) is 36.4 Å². The Hall–Kier alpha value is -1.05. The number of nitrogens with two attached hydrogens (primary N) is 1. The fourth-order valence-corrected chi connectivity index (χ4v) is 1.79. The van der Waals surface area contributed by atoms with Gasteiger partial charge in [0.2, 0.25) is 0 Å². The average Bonchev–Trinajstić information content (AvgIpc) is 2.17. The van der Waals surface area contributed by atoms with Gasteiger partial charge in [-0.2, -0.15) is 0 Å². The van der Waals surface area contributed by atoms with E-state index in [0.29, 0.717) is 0 Å². The van der Waals surface area contributed by atoms with Crippen molar-refractivity contribution in [3.63, 3.8) is 0 Å². The molecule has 0 amide bonds. The SMILES string of the molecule is CC(N)c1ccc2c(Cl)cccc2c1. The molecule has 2 heteroatoms. The van der Waals surface area contributed by atoms with E-state index in [1.807, 2.05) is 37.3 Å². The molecule has 0 aliphatic carbocycles. The molecule has 2 rings (SSSR count). The molecule has 1 atom stereocenters. The number of fused-ring (bicyclic) bond motifs is 1. The molecule has 0 saturated carbocycles. The van der Waals surface area contributed by atoms with E-state index in [-0.39, 0.29) is 6.04 Å². The van der Waals surface area contributed by atoms with Crippen LogP contribution in [-0.4, -0.2) is 0 Å². The van der Waals surface area contributed by atoms with Gasteiger partial charge in [-0.3, -0.25) is 0 Å². The highest BCUT2D eigenvalue weighted by Gasteiger charge is 2.02. The zero-order valence-corrected chi connectivity index (χ0v) is 8.75. The summed E-state index contributed by atoms with van der Waals surface area (Å²) in [5.41, 5.74) is 6.95. The first-order valence-electron chi connectivity index (χ1n) is 4.62. The van der Waals surface area contributed by atoms with Gasteiger partial charge in [-0.15, -0.1) is 0 Å². The van der Waals surface area contributed by atoms with E-state index in [0.717, 1.165) is 21.4 Å². The van der Waals surface area contributed by atoms with E-state index in [1.54, 1.807) is 0 Å². The highest BCUT2D eigenvalue weighted by molar-refractivity contribution is 6.35. The Morgan fingerprint density at radius 2 is 2.00 bits per heavy atom. The topological polar surface area (TPSA) is 26.0 Å². The molecule has 2 aromatic rings. The van der Waals surface area contributed by atoms with Crippen LogP contribution >= 0.6 is 11.6 Å². The average molecular weight is 206 g/mol. The lowest BCUT2D eigenvalue weighted by molar-refractivity contribution is 0.820. The lowest BCUT2D eigenvalue weighted by atomic mass is 10.0. The van der Waals surface area contributed by atoms with E-state index in [2.05, 4.69) is 6.07 Å². The van der Waals surface area contributed by atoms with Gasteiger partial charge in [0.05, 0.1) is 0 Å². The van der Waals surface area contributed by atoms with Crippen LogP contribution < -0.4 is 5.73 Å². The second-order valence-corrected chi connectivity index (χ2v) is 3.92. The van der Waals surface area contributed by atoms with Gasteiger partial charge < -0.3 is 5.73 Å². The molecule has 0 aliphatic heterocycles. The predicted octanol–water partition coefficient (Wildman–Crippen LogP) is 3.51. The van der Waals surface area contributed by atoms with Crippen LogP contribution in [0.25, 0.3) is 10.8 Å². The van der Waals surface area contributed by atoms with Crippen molar-refractivity contribution in [2.45, 2.75) is 13.0 Å². The zero-order chi connectivity index (χ0) is 10.1. The van der Waals surface area contributed by atoms with E-state index in [9.17, 15) is 0 Å². The molecule has 2 aromatic carbocycles. The maximum absolute atomic E-state index is 6.06. The molecule has 0 bridgehead atoms. The van der Waals surface area contributed by atoms with E-state index in [1.165, 1.54) is 0 Å². The fraction of sp³-hybridized carbons (Fsp3) is 0.167. The van der Waals surface area contributed by atoms with Gasteiger partial charge >= 0.3 is 0 Å². The van der Waals surface area contributed by atoms with Gasteiger partial charge in [-0.25, -0.2) is 0 Å². The Bertz CT molecular complexity index is 463. The lowest BCUT2D eigenvalue weighted by Gasteiger charge is -2.07. The lowest BCUT2D eigenvalue weighted by Crippen LogP contribution is -2.04. The number of hydrogen-bond donors (Lipinski definition) is 1. The quantitative estimate of drug-likeness (QED) is 0.758. The van der Waals surface area contributed by atoms with Crippen LogP contribution in [0.5, 0.6) is 0 Å². The number of halogens is 1. The fourth-order valence-electron chi connectivity index (χ4n) is 1.55. The number of benzene rings is 2. The maximum Gasteiger partial charge on any atom is 0.0484 e.